The second kappa shape index (κ2) is 6.85. The molecule has 33 heavy (non-hydrogen) atoms. The number of imidazole rings is 1. The largest absolute Gasteiger partial charge is 0.453 e. The molecular formula is C19H19F3N6O4S. The van der Waals surface area contributed by atoms with Crippen LogP contribution in [0.25, 0.3) is 16.9 Å². The molecule has 0 amide bonds. The van der Waals surface area contributed by atoms with Gasteiger partial charge in [-0.1, -0.05) is 6.07 Å². The lowest BCUT2D eigenvalue weighted by molar-refractivity contribution is -0.145. The lowest BCUT2D eigenvalue weighted by Gasteiger charge is -2.43. The zero-order chi connectivity index (χ0) is 23.8. The van der Waals surface area contributed by atoms with E-state index in [4.69, 9.17) is 10.5 Å². The molecule has 1 saturated carbocycles. The van der Waals surface area contributed by atoms with Gasteiger partial charge in [-0.25, -0.2) is 27.6 Å². The number of aryl methyl sites for hydroxylation is 1. The fraction of sp³-hybridized carbons (Fsp3) is 0.421. The number of nitrogens with zero attached hydrogens (tertiary/aromatic N) is 4. The van der Waals surface area contributed by atoms with Crippen molar-refractivity contribution in [1.82, 2.24) is 24.3 Å². The van der Waals surface area contributed by atoms with E-state index in [0.717, 1.165) is 4.52 Å². The Hall–Kier alpha value is -2.81. The molecule has 4 N–H and O–H groups in total. The average Bonchev–Trinajstić information content (AvgIpc) is 3.38. The summed E-state index contributed by atoms with van der Waals surface area (Å²) >= 11 is 0. The number of ether oxygens (including phenoxy) is 1. The molecular weight excluding hydrogens is 465 g/mol. The second-order valence-electron chi connectivity index (χ2n) is 8.54. The van der Waals surface area contributed by atoms with Crippen molar-refractivity contribution in [3.8, 4) is 11.3 Å². The maximum Gasteiger partial charge on any atom is 0.453 e. The second-order valence-corrected chi connectivity index (χ2v) is 10.2. The molecule has 1 aliphatic carbocycles. The number of anilines is 1. The summed E-state index contributed by atoms with van der Waals surface area (Å²) in [5, 5.41) is 13.0. The molecule has 0 unspecified atom stereocenters. The van der Waals surface area contributed by atoms with Crippen LogP contribution in [0.2, 0.25) is 0 Å². The maximum absolute atomic E-state index is 13.2. The summed E-state index contributed by atoms with van der Waals surface area (Å²) in [7, 11) is -4.00. The fourth-order valence-corrected chi connectivity index (χ4v) is 5.94. The summed E-state index contributed by atoms with van der Waals surface area (Å²) < 4.78 is 74.9. The smallest absolute Gasteiger partial charge is 0.393 e. The van der Waals surface area contributed by atoms with E-state index in [-0.39, 0.29) is 29.5 Å². The van der Waals surface area contributed by atoms with Crippen molar-refractivity contribution in [2.75, 3.05) is 18.9 Å². The summed E-state index contributed by atoms with van der Waals surface area (Å²) in [6.07, 6.45) is -2.85. The average molecular weight is 484 g/mol. The summed E-state index contributed by atoms with van der Waals surface area (Å²) in [4.78, 5) is 7.19. The van der Waals surface area contributed by atoms with Crippen LogP contribution in [0.15, 0.2) is 29.3 Å². The van der Waals surface area contributed by atoms with Crippen LogP contribution in [0.3, 0.4) is 0 Å². The molecule has 2 bridgehead atoms. The number of fused-ring (bicyclic) bond motifs is 2. The van der Waals surface area contributed by atoms with Gasteiger partial charge in [-0.15, -0.1) is 5.10 Å². The first-order valence-corrected chi connectivity index (χ1v) is 11.3. The van der Waals surface area contributed by atoms with Gasteiger partial charge in [-0.3, -0.25) is 0 Å². The van der Waals surface area contributed by atoms with Crippen molar-refractivity contribution in [2.45, 2.75) is 42.0 Å². The molecule has 2 aliphatic heterocycles. The standard InChI is InChI=1S/C19H19F3N6O4S/c1-10-2-3-11(33(30,31)27-17-6-18(7-17,8-29)32-9-17)4-12(10)13-5-24-15-14(23)25-16(19(20,21)22)26-28(13)15/h2-5,27,29H,6-9H2,1H3,(H2,23,25,26). The van der Waals surface area contributed by atoms with Gasteiger partial charge in [0.1, 0.15) is 0 Å². The topological polar surface area (TPSA) is 145 Å². The van der Waals surface area contributed by atoms with Gasteiger partial charge in [-0.05, 0) is 24.6 Å². The van der Waals surface area contributed by atoms with E-state index in [1.54, 1.807) is 13.0 Å². The van der Waals surface area contributed by atoms with E-state index in [1.165, 1.54) is 18.3 Å². The molecule has 3 aliphatic rings. The number of hydrogen-bond donors (Lipinski definition) is 3. The molecule has 0 radical (unpaired) electrons. The molecule has 6 rings (SSSR count). The van der Waals surface area contributed by atoms with Gasteiger partial charge in [0.25, 0.3) is 5.82 Å². The van der Waals surface area contributed by atoms with Crippen molar-refractivity contribution in [2.24, 2.45) is 0 Å². The predicted octanol–water partition coefficient (Wildman–Crippen LogP) is 1.27. The number of aliphatic hydroxyl groups excluding tert-OH is 1. The third-order valence-electron chi connectivity index (χ3n) is 6.05. The van der Waals surface area contributed by atoms with Gasteiger partial charge >= 0.3 is 6.18 Å². The first kappa shape index (κ1) is 22.0. The van der Waals surface area contributed by atoms with Crippen LogP contribution < -0.4 is 10.5 Å². The number of sulfonamides is 1. The molecule has 10 nitrogen and oxygen atoms in total. The van der Waals surface area contributed by atoms with Crippen LogP contribution >= 0.6 is 0 Å². The molecule has 4 heterocycles. The van der Waals surface area contributed by atoms with Crippen molar-refractivity contribution in [3.63, 3.8) is 0 Å². The fourth-order valence-electron chi connectivity index (χ4n) is 4.53. The number of hydrogen-bond acceptors (Lipinski definition) is 8. The summed E-state index contributed by atoms with van der Waals surface area (Å²) in [6, 6.07) is 4.29. The van der Waals surface area contributed by atoms with Crippen LogP contribution in [0.5, 0.6) is 0 Å². The monoisotopic (exact) mass is 484 g/mol. The van der Waals surface area contributed by atoms with Gasteiger partial charge in [0, 0.05) is 18.4 Å². The van der Waals surface area contributed by atoms with Crippen molar-refractivity contribution in [3.05, 3.63) is 35.8 Å². The van der Waals surface area contributed by atoms with Crippen LogP contribution in [0, 0.1) is 6.92 Å². The van der Waals surface area contributed by atoms with Gasteiger partial charge in [0.05, 0.1) is 41.1 Å². The van der Waals surface area contributed by atoms with E-state index >= 15 is 0 Å². The number of aromatic nitrogens is 4. The lowest BCUT2D eigenvalue weighted by Crippen LogP contribution is -2.60. The maximum atomic E-state index is 13.2. The SMILES string of the molecule is Cc1ccc(S(=O)(=O)NC23COC(CO)(C2)C3)cc1-c1cnc2c(N)nc(C(F)(F)F)nn12. The number of rotatable bonds is 5. The third-order valence-corrected chi connectivity index (χ3v) is 7.63. The van der Waals surface area contributed by atoms with E-state index in [2.05, 4.69) is 19.8 Å². The molecule has 3 fully saturated rings. The minimum absolute atomic E-state index is 0.0828. The Balaban J connectivity index is 1.55. The van der Waals surface area contributed by atoms with Gasteiger partial charge in [0.15, 0.2) is 11.5 Å². The Morgan fingerprint density at radius 2 is 2.06 bits per heavy atom. The van der Waals surface area contributed by atoms with E-state index in [9.17, 15) is 26.7 Å². The van der Waals surface area contributed by atoms with Crippen LogP contribution in [-0.4, -0.2) is 57.5 Å². The molecule has 0 spiro atoms. The molecule has 1 aromatic carbocycles. The molecule has 2 saturated heterocycles. The Kier molecular flexibility index (Phi) is 4.57. The predicted molar refractivity (Wildman–Crippen MR) is 108 cm³/mol. The lowest BCUT2D eigenvalue weighted by atomic mass is 9.69. The first-order chi connectivity index (χ1) is 15.4. The number of benzene rings is 1. The quantitative estimate of drug-likeness (QED) is 0.491. The van der Waals surface area contributed by atoms with Crippen LogP contribution in [-0.2, 0) is 20.9 Å². The Labute approximate surface area is 185 Å². The Morgan fingerprint density at radius 3 is 2.70 bits per heavy atom. The molecule has 2 aromatic heterocycles. The van der Waals surface area contributed by atoms with Crippen LogP contribution in [0.4, 0.5) is 19.0 Å². The summed E-state index contributed by atoms with van der Waals surface area (Å²) in [5.41, 5.74) is 5.10. The van der Waals surface area contributed by atoms with Gasteiger partial charge in [0.2, 0.25) is 10.0 Å². The number of nitrogen functional groups attached to an aromatic ring is 1. The molecule has 3 aromatic rings. The molecule has 176 valence electrons. The van der Waals surface area contributed by atoms with Crippen LogP contribution in [0.1, 0.15) is 24.2 Å². The summed E-state index contributed by atoms with van der Waals surface area (Å²) in [6.45, 7) is 1.64. The van der Waals surface area contributed by atoms with Crippen molar-refractivity contribution >= 4 is 21.5 Å². The highest BCUT2D eigenvalue weighted by Crippen LogP contribution is 2.51. The highest BCUT2D eigenvalue weighted by molar-refractivity contribution is 7.89. The van der Waals surface area contributed by atoms with Crippen molar-refractivity contribution in [1.29, 1.82) is 0 Å². The van der Waals surface area contributed by atoms with Crippen molar-refractivity contribution < 1.29 is 31.4 Å². The minimum atomic E-state index is -4.83. The van der Waals surface area contributed by atoms with E-state index < -0.39 is 39.0 Å². The Bertz CT molecular complexity index is 1380. The minimum Gasteiger partial charge on any atom is -0.393 e. The van der Waals surface area contributed by atoms with Gasteiger partial charge < -0.3 is 15.6 Å². The first-order valence-electron chi connectivity index (χ1n) is 9.85. The molecule has 14 heteroatoms. The number of nitrogens with one attached hydrogen (secondary N) is 1. The van der Waals surface area contributed by atoms with E-state index in [1.807, 2.05) is 0 Å². The molecule has 0 atom stereocenters. The number of alkyl halides is 3. The number of nitrogens with two attached hydrogens (primary N) is 1. The van der Waals surface area contributed by atoms with E-state index in [0.29, 0.717) is 24.0 Å². The number of aliphatic hydroxyl groups is 1. The normalized spacial score (nSPS) is 24.9. The Morgan fingerprint density at radius 1 is 1.33 bits per heavy atom. The summed E-state index contributed by atoms with van der Waals surface area (Å²) in [5.74, 6) is -1.89. The highest BCUT2D eigenvalue weighted by Gasteiger charge is 2.63. The third kappa shape index (κ3) is 3.44. The zero-order valence-corrected chi connectivity index (χ0v) is 18.0. The highest BCUT2D eigenvalue weighted by atomic mass is 32.2. The zero-order valence-electron chi connectivity index (χ0n) is 17.2. The number of halogens is 3. The van der Waals surface area contributed by atoms with Gasteiger partial charge in [-0.2, -0.15) is 13.2 Å².